The van der Waals surface area contributed by atoms with Gasteiger partial charge >= 0.3 is 5.97 Å². The third kappa shape index (κ3) is 2.70. The minimum atomic E-state index is -1.35. The normalized spacial score (nSPS) is 12.1. The van der Waals surface area contributed by atoms with E-state index < -0.39 is 24.5 Å². The number of hydrogen-bond donors (Lipinski definition) is 4. The van der Waals surface area contributed by atoms with Crippen molar-refractivity contribution in [2.24, 2.45) is 0 Å². The fraction of sp³-hybridized carbons (Fsp3) is 0.143. The van der Waals surface area contributed by atoms with Gasteiger partial charge in [-0.2, -0.15) is 0 Å². The largest absolute Gasteiger partial charge is 0.480 e. The SMILES string of the molecule is Nc1cc2ccccc2cc1C(=O)NC(CO)C(=O)O. The Bertz CT molecular complexity index is 669. The third-order valence-electron chi connectivity index (χ3n) is 2.95. The molecule has 1 amide bonds. The highest BCUT2D eigenvalue weighted by atomic mass is 16.4. The number of aliphatic hydroxyl groups excluding tert-OH is 1. The lowest BCUT2D eigenvalue weighted by atomic mass is 10.0. The molecule has 0 bridgehead atoms. The number of anilines is 1. The standard InChI is InChI=1S/C14H14N2O4/c15-11-6-9-4-2-1-3-8(9)5-10(11)13(18)16-12(7-17)14(19)20/h1-6,12,17H,7,15H2,(H,16,18)(H,19,20). The van der Waals surface area contributed by atoms with Crippen LogP contribution in [0.3, 0.4) is 0 Å². The van der Waals surface area contributed by atoms with Gasteiger partial charge in [0.1, 0.15) is 0 Å². The average Bonchev–Trinajstić information content (AvgIpc) is 2.43. The van der Waals surface area contributed by atoms with Gasteiger partial charge in [-0.1, -0.05) is 24.3 Å². The van der Waals surface area contributed by atoms with Crippen molar-refractivity contribution in [2.75, 3.05) is 12.3 Å². The van der Waals surface area contributed by atoms with Gasteiger partial charge in [-0.3, -0.25) is 4.79 Å². The number of carbonyl (C=O) groups excluding carboxylic acids is 1. The number of amides is 1. The van der Waals surface area contributed by atoms with Crippen LogP contribution in [0.5, 0.6) is 0 Å². The van der Waals surface area contributed by atoms with Crippen molar-refractivity contribution < 1.29 is 19.8 Å². The zero-order chi connectivity index (χ0) is 14.7. The lowest BCUT2D eigenvalue weighted by Crippen LogP contribution is -2.43. The highest BCUT2D eigenvalue weighted by Crippen LogP contribution is 2.21. The number of fused-ring (bicyclic) bond motifs is 1. The molecule has 0 radical (unpaired) electrons. The first-order valence-corrected chi connectivity index (χ1v) is 5.95. The number of aliphatic hydroxyl groups is 1. The number of rotatable bonds is 4. The number of carboxylic acids is 1. The van der Waals surface area contributed by atoms with Gasteiger partial charge in [-0.15, -0.1) is 0 Å². The van der Waals surface area contributed by atoms with E-state index in [9.17, 15) is 9.59 Å². The van der Waals surface area contributed by atoms with Crippen molar-refractivity contribution >= 4 is 28.3 Å². The molecule has 2 rings (SSSR count). The molecule has 0 aliphatic carbocycles. The second kappa shape index (κ2) is 5.58. The lowest BCUT2D eigenvalue weighted by molar-refractivity contribution is -0.140. The van der Waals surface area contributed by atoms with Crippen LogP contribution in [-0.2, 0) is 4.79 Å². The quantitative estimate of drug-likeness (QED) is 0.610. The van der Waals surface area contributed by atoms with E-state index in [0.29, 0.717) is 0 Å². The minimum absolute atomic E-state index is 0.184. The van der Waals surface area contributed by atoms with Crippen molar-refractivity contribution in [1.29, 1.82) is 0 Å². The van der Waals surface area contributed by atoms with Gasteiger partial charge < -0.3 is 21.3 Å². The second-order valence-corrected chi connectivity index (χ2v) is 4.33. The third-order valence-corrected chi connectivity index (χ3v) is 2.95. The van der Waals surface area contributed by atoms with E-state index in [1.165, 1.54) is 0 Å². The van der Waals surface area contributed by atoms with E-state index >= 15 is 0 Å². The molecule has 0 heterocycles. The molecule has 104 valence electrons. The Morgan fingerprint density at radius 3 is 2.35 bits per heavy atom. The van der Waals surface area contributed by atoms with Gasteiger partial charge in [0.15, 0.2) is 6.04 Å². The summed E-state index contributed by atoms with van der Waals surface area (Å²) in [7, 11) is 0. The molecular formula is C14H14N2O4. The summed E-state index contributed by atoms with van der Waals surface area (Å²) in [4.78, 5) is 22.8. The number of nitrogen functional groups attached to an aromatic ring is 1. The Morgan fingerprint density at radius 1 is 1.20 bits per heavy atom. The van der Waals surface area contributed by atoms with Crippen LogP contribution in [0.2, 0.25) is 0 Å². The van der Waals surface area contributed by atoms with E-state index in [0.717, 1.165) is 10.8 Å². The summed E-state index contributed by atoms with van der Waals surface area (Å²) in [5.41, 5.74) is 6.25. The maximum Gasteiger partial charge on any atom is 0.328 e. The number of hydrogen-bond acceptors (Lipinski definition) is 4. The predicted molar refractivity (Wildman–Crippen MR) is 74.3 cm³/mol. The summed E-state index contributed by atoms with van der Waals surface area (Å²) in [5.74, 6) is -1.94. The smallest absolute Gasteiger partial charge is 0.328 e. The molecule has 2 aromatic rings. The molecule has 0 saturated carbocycles. The highest BCUT2D eigenvalue weighted by molar-refractivity contribution is 6.05. The molecular weight excluding hydrogens is 260 g/mol. The predicted octanol–water partition coefficient (Wildman–Crippen LogP) is 0.597. The summed E-state index contributed by atoms with van der Waals surface area (Å²) in [6.45, 7) is -0.686. The van der Waals surface area contributed by atoms with Crippen LogP contribution in [-0.4, -0.2) is 34.7 Å². The summed E-state index contributed by atoms with van der Waals surface area (Å²) in [6, 6.07) is 9.26. The summed E-state index contributed by atoms with van der Waals surface area (Å²) < 4.78 is 0. The van der Waals surface area contributed by atoms with Crippen molar-refractivity contribution in [3.05, 3.63) is 42.0 Å². The first-order valence-electron chi connectivity index (χ1n) is 5.95. The van der Waals surface area contributed by atoms with E-state index in [4.69, 9.17) is 15.9 Å². The minimum Gasteiger partial charge on any atom is -0.480 e. The molecule has 1 atom stereocenters. The summed E-state index contributed by atoms with van der Waals surface area (Å²) in [5, 5.41) is 21.6. The van der Waals surface area contributed by atoms with Crippen LogP contribution >= 0.6 is 0 Å². The number of aliphatic carboxylic acids is 1. The Balaban J connectivity index is 2.34. The molecule has 0 saturated heterocycles. The molecule has 20 heavy (non-hydrogen) atoms. The van der Waals surface area contributed by atoms with Gasteiger partial charge in [-0.05, 0) is 22.9 Å². The number of nitrogens with one attached hydrogen (secondary N) is 1. The van der Waals surface area contributed by atoms with Gasteiger partial charge in [0, 0.05) is 5.69 Å². The van der Waals surface area contributed by atoms with Crippen molar-refractivity contribution in [2.45, 2.75) is 6.04 Å². The van der Waals surface area contributed by atoms with Crippen molar-refractivity contribution in [1.82, 2.24) is 5.32 Å². The van der Waals surface area contributed by atoms with Gasteiger partial charge in [-0.25, -0.2) is 4.79 Å². The Morgan fingerprint density at radius 2 is 1.80 bits per heavy atom. The topological polar surface area (TPSA) is 113 Å². The Labute approximate surface area is 114 Å². The first kappa shape index (κ1) is 13.8. The van der Waals surface area contributed by atoms with Crippen LogP contribution in [0.15, 0.2) is 36.4 Å². The molecule has 0 aliphatic rings. The van der Waals surface area contributed by atoms with Crippen LogP contribution in [0.25, 0.3) is 10.8 Å². The molecule has 0 fully saturated rings. The van der Waals surface area contributed by atoms with Gasteiger partial charge in [0.2, 0.25) is 0 Å². The van der Waals surface area contributed by atoms with Crippen LogP contribution < -0.4 is 11.1 Å². The molecule has 0 aliphatic heterocycles. The number of carbonyl (C=O) groups is 2. The molecule has 5 N–H and O–H groups in total. The van der Waals surface area contributed by atoms with Gasteiger partial charge in [0.25, 0.3) is 5.91 Å². The maximum absolute atomic E-state index is 12.0. The second-order valence-electron chi connectivity index (χ2n) is 4.33. The molecule has 0 spiro atoms. The highest BCUT2D eigenvalue weighted by Gasteiger charge is 2.20. The van der Waals surface area contributed by atoms with E-state index in [1.54, 1.807) is 12.1 Å². The lowest BCUT2D eigenvalue weighted by Gasteiger charge is -2.13. The fourth-order valence-corrected chi connectivity index (χ4v) is 1.88. The summed E-state index contributed by atoms with van der Waals surface area (Å²) >= 11 is 0. The summed E-state index contributed by atoms with van der Waals surface area (Å²) in [6.07, 6.45) is 0. The zero-order valence-corrected chi connectivity index (χ0v) is 10.5. The zero-order valence-electron chi connectivity index (χ0n) is 10.5. The van der Waals surface area contributed by atoms with Crippen molar-refractivity contribution in [3.8, 4) is 0 Å². The Kier molecular flexibility index (Phi) is 3.86. The first-order chi connectivity index (χ1) is 9.52. The maximum atomic E-state index is 12.0. The molecule has 0 aromatic heterocycles. The molecule has 6 nitrogen and oxygen atoms in total. The van der Waals surface area contributed by atoms with E-state index in [-0.39, 0.29) is 11.3 Å². The van der Waals surface area contributed by atoms with Crippen LogP contribution in [0.4, 0.5) is 5.69 Å². The monoisotopic (exact) mass is 274 g/mol. The van der Waals surface area contributed by atoms with Crippen molar-refractivity contribution in [3.63, 3.8) is 0 Å². The number of carboxylic acid groups (broad SMARTS) is 1. The Hall–Kier alpha value is -2.60. The molecule has 1 unspecified atom stereocenters. The van der Waals surface area contributed by atoms with E-state index in [1.807, 2.05) is 24.3 Å². The molecule has 2 aromatic carbocycles. The van der Waals surface area contributed by atoms with Crippen LogP contribution in [0, 0.1) is 0 Å². The van der Waals surface area contributed by atoms with Crippen LogP contribution in [0.1, 0.15) is 10.4 Å². The fourth-order valence-electron chi connectivity index (χ4n) is 1.88. The number of benzene rings is 2. The molecule has 6 heteroatoms. The van der Waals surface area contributed by atoms with Gasteiger partial charge in [0.05, 0.1) is 12.2 Å². The number of nitrogens with two attached hydrogens (primary N) is 1. The average molecular weight is 274 g/mol. The van der Waals surface area contributed by atoms with E-state index in [2.05, 4.69) is 5.32 Å².